The molecule has 2 amide bonds. The number of ether oxygens (including phenoxy) is 2. The van der Waals surface area contributed by atoms with Gasteiger partial charge in [-0.2, -0.15) is 0 Å². The van der Waals surface area contributed by atoms with Crippen LogP contribution in [0.5, 0.6) is 0 Å². The molecule has 0 aromatic rings. The largest absolute Gasteiger partial charge is 0.383 e. The smallest absolute Gasteiger partial charge is 0.312 e. The van der Waals surface area contributed by atoms with Gasteiger partial charge < -0.3 is 24.6 Å². The summed E-state index contributed by atoms with van der Waals surface area (Å²) in [7, 11) is 6.90. The summed E-state index contributed by atoms with van der Waals surface area (Å²) < 4.78 is 9.84. The Morgan fingerprint density at radius 1 is 1.00 bits per heavy atom. The Kier molecular flexibility index (Phi) is 10.1. The van der Waals surface area contributed by atoms with Gasteiger partial charge in [-0.15, -0.1) is 0 Å². The minimum Gasteiger partial charge on any atom is -0.383 e. The van der Waals surface area contributed by atoms with Gasteiger partial charge in [0.1, 0.15) is 0 Å². The lowest BCUT2D eigenvalue weighted by atomic mass is 10.4. The van der Waals surface area contributed by atoms with Gasteiger partial charge in [0, 0.05) is 40.4 Å². The fourth-order valence-electron chi connectivity index (χ4n) is 1.33. The Morgan fingerprint density at radius 3 is 1.95 bits per heavy atom. The van der Waals surface area contributed by atoms with Crippen LogP contribution in [-0.2, 0) is 19.1 Å². The van der Waals surface area contributed by atoms with Crippen LogP contribution < -0.4 is 5.32 Å². The summed E-state index contributed by atoms with van der Waals surface area (Å²) in [6, 6.07) is 0. The van der Waals surface area contributed by atoms with E-state index in [0.717, 1.165) is 0 Å². The van der Waals surface area contributed by atoms with Crippen molar-refractivity contribution in [3.8, 4) is 0 Å². The highest BCUT2D eigenvalue weighted by Crippen LogP contribution is 1.92. The SMILES string of the molecule is COCCN(CCOC)C(=O)C(=O)NCCN(C)C. The second-order valence-corrected chi connectivity index (χ2v) is 4.34. The van der Waals surface area contributed by atoms with Crippen LogP contribution in [-0.4, -0.2) is 89.3 Å². The van der Waals surface area contributed by atoms with Gasteiger partial charge in [0.05, 0.1) is 13.2 Å². The summed E-state index contributed by atoms with van der Waals surface area (Å²) in [5.41, 5.74) is 0. The molecule has 0 aliphatic rings. The number of carbonyl (C=O) groups is 2. The summed E-state index contributed by atoms with van der Waals surface area (Å²) in [4.78, 5) is 27.0. The van der Waals surface area contributed by atoms with Gasteiger partial charge in [-0.3, -0.25) is 9.59 Å². The first kappa shape index (κ1) is 17.8. The lowest BCUT2D eigenvalue weighted by molar-refractivity contribution is -0.146. The van der Waals surface area contributed by atoms with E-state index in [4.69, 9.17) is 9.47 Å². The van der Waals surface area contributed by atoms with E-state index in [2.05, 4.69) is 5.32 Å². The highest BCUT2D eigenvalue weighted by molar-refractivity contribution is 6.35. The number of likely N-dealkylation sites (N-methyl/N-ethyl adjacent to an activating group) is 1. The molecule has 0 bridgehead atoms. The molecular formula is C12H25N3O4. The highest BCUT2D eigenvalue weighted by atomic mass is 16.5. The molecule has 0 atom stereocenters. The van der Waals surface area contributed by atoms with E-state index in [1.165, 1.54) is 4.90 Å². The summed E-state index contributed by atoms with van der Waals surface area (Å²) in [6.07, 6.45) is 0. The van der Waals surface area contributed by atoms with Crippen molar-refractivity contribution in [2.45, 2.75) is 0 Å². The van der Waals surface area contributed by atoms with E-state index >= 15 is 0 Å². The molecule has 0 rings (SSSR count). The monoisotopic (exact) mass is 275 g/mol. The van der Waals surface area contributed by atoms with Crippen LogP contribution in [0.2, 0.25) is 0 Å². The number of rotatable bonds is 9. The molecule has 0 aromatic carbocycles. The summed E-state index contributed by atoms with van der Waals surface area (Å²) in [5.74, 6) is -1.14. The standard InChI is InChI=1S/C12H25N3O4/c1-14(2)6-5-13-11(16)12(17)15(7-9-18-3)8-10-19-4/h5-10H2,1-4H3,(H,13,16). The van der Waals surface area contributed by atoms with Crippen molar-refractivity contribution < 1.29 is 19.1 Å². The number of methoxy groups -OCH3 is 2. The predicted molar refractivity (Wildman–Crippen MR) is 71.9 cm³/mol. The minimum absolute atomic E-state index is 0.375. The molecule has 0 radical (unpaired) electrons. The van der Waals surface area contributed by atoms with Crippen LogP contribution in [0.3, 0.4) is 0 Å². The maximum absolute atomic E-state index is 11.9. The quantitative estimate of drug-likeness (QED) is 0.534. The third-order valence-corrected chi connectivity index (χ3v) is 2.46. The van der Waals surface area contributed by atoms with Gasteiger partial charge in [-0.25, -0.2) is 0 Å². The van der Waals surface area contributed by atoms with Gasteiger partial charge in [0.25, 0.3) is 0 Å². The molecule has 19 heavy (non-hydrogen) atoms. The topological polar surface area (TPSA) is 71.1 Å². The zero-order chi connectivity index (χ0) is 14.7. The summed E-state index contributed by atoms with van der Waals surface area (Å²) in [6.45, 7) is 2.66. The van der Waals surface area contributed by atoms with E-state index in [1.54, 1.807) is 14.2 Å². The Balaban J connectivity index is 4.21. The molecule has 7 heteroatoms. The number of hydrogen-bond acceptors (Lipinski definition) is 5. The number of nitrogens with one attached hydrogen (secondary N) is 1. The molecule has 0 unspecified atom stereocenters. The molecule has 7 nitrogen and oxygen atoms in total. The van der Waals surface area contributed by atoms with Crippen LogP contribution in [0.25, 0.3) is 0 Å². The molecule has 112 valence electrons. The van der Waals surface area contributed by atoms with Gasteiger partial charge in [0.15, 0.2) is 0 Å². The Bertz CT molecular complexity index is 264. The molecule has 0 heterocycles. The second kappa shape index (κ2) is 10.7. The molecule has 0 aliphatic carbocycles. The molecular weight excluding hydrogens is 250 g/mol. The Labute approximate surface area is 114 Å². The van der Waals surface area contributed by atoms with Crippen LogP contribution >= 0.6 is 0 Å². The molecule has 0 saturated carbocycles. The third kappa shape index (κ3) is 8.52. The molecule has 0 spiro atoms. The number of nitrogens with zero attached hydrogens (tertiary/aromatic N) is 2. The van der Waals surface area contributed by atoms with Gasteiger partial charge in [-0.1, -0.05) is 0 Å². The lowest BCUT2D eigenvalue weighted by Crippen LogP contribution is -2.46. The average Bonchev–Trinajstić information content (AvgIpc) is 2.37. The molecule has 1 N–H and O–H groups in total. The maximum Gasteiger partial charge on any atom is 0.312 e. The van der Waals surface area contributed by atoms with Crippen molar-refractivity contribution in [1.82, 2.24) is 15.1 Å². The first-order chi connectivity index (χ1) is 9.02. The Morgan fingerprint density at radius 2 is 1.53 bits per heavy atom. The summed E-state index contributed by atoms with van der Waals surface area (Å²) in [5, 5.41) is 2.59. The minimum atomic E-state index is -0.589. The predicted octanol–water partition coefficient (Wildman–Crippen LogP) is -1.21. The van der Waals surface area contributed by atoms with Gasteiger partial charge in [0.2, 0.25) is 0 Å². The normalized spacial score (nSPS) is 10.6. The highest BCUT2D eigenvalue weighted by Gasteiger charge is 2.20. The first-order valence-corrected chi connectivity index (χ1v) is 6.22. The van der Waals surface area contributed by atoms with Crippen molar-refractivity contribution in [1.29, 1.82) is 0 Å². The molecule has 0 saturated heterocycles. The van der Waals surface area contributed by atoms with Crippen molar-refractivity contribution in [3.05, 3.63) is 0 Å². The number of carbonyl (C=O) groups excluding carboxylic acids is 2. The third-order valence-electron chi connectivity index (χ3n) is 2.46. The van der Waals surface area contributed by atoms with E-state index in [9.17, 15) is 9.59 Å². The first-order valence-electron chi connectivity index (χ1n) is 6.22. The van der Waals surface area contributed by atoms with Crippen molar-refractivity contribution >= 4 is 11.8 Å². The number of amides is 2. The van der Waals surface area contributed by atoms with Crippen LogP contribution in [0, 0.1) is 0 Å². The van der Waals surface area contributed by atoms with Gasteiger partial charge in [-0.05, 0) is 14.1 Å². The van der Waals surface area contributed by atoms with E-state index in [-0.39, 0.29) is 0 Å². The van der Waals surface area contributed by atoms with Crippen LogP contribution in [0.4, 0.5) is 0 Å². The van der Waals surface area contributed by atoms with E-state index < -0.39 is 11.8 Å². The van der Waals surface area contributed by atoms with Crippen LogP contribution in [0.1, 0.15) is 0 Å². The second-order valence-electron chi connectivity index (χ2n) is 4.34. The van der Waals surface area contributed by atoms with Crippen molar-refractivity contribution in [3.63, 3.8) is 0 Å². The molecule has 0 aromatic heterocycles. The fraction of sp³-hybridized carbons (Fsp3) is 0.833. The molecule has 0 aliphatic heterocycles. The summed E-state index contributed by atoms with van der Waals surface area (Å²) >= 11 is 0. The fourth-order valence-corrected chi connectivity index (χ4v) is 1.33. The maximum atomic E-state index is 11.9. The van der Waals surface area contributed by atoms with E-state index in [0.29, 0.717) is 39.4 Å². The average molecular weight is 275 g/mol. The lowest BCUT2D eigenvalue weighted by Gasteiger charge is -2.21. The van der Waals surface area contributed by atoms with Crippen molar-refractivity contribution in [2.75, 3.05) is 67.7 Å². The van der Waals surface area contributed by atoms with Crippen LogP contribution in [0.15, 0.2) is 0 Å². The van der Waals surface area contributed by atoms with E-state index in [1.807, 2.05) is 19.0 Å². The van der Waals surface area contributed by atoms with Crippen molar-refractivity contribution in [2.24, 2.45) is 0 Å². The molecule has 0 fully saturated rings. The van der Waals surface area contributed by atoms with Gasteiger partial charge >= 0.3 is 11.8 Å². The number of hydrogen-bond donors (Lipinski definition) is 1. The Hall–Kier alpha value is -1.18. The zero-order valence-corrected chi connectivity index (χ0v) is 12.3. The zero-order valence-electron chi connectivity index (χ0n) is 12.3.